The second-order valence-electron chi connectivity index (χ2n) is 3.79. The summed E-state index contributed by atoms with van der Waals surface area (Å²) < 4.78 is 0. The van der Waals surface area contributed by atoms with Crippen molar-refractivity contribution in [2.24, 2.45) is 0 Å². The minimum absolute atomic E-state index is 0.267. The molecule has 1 aliphatic heterocycles. The van der Waals surface area contributed by atoms with Crippen LogP contribution in [0.25, 0.3) is 0 Å². The van der Waals surface area contributed by atoms with Crippen molar-refractivity contribution >= 4 is 11.6 Å². The van der Waals surface area contributed by atoms with Crippen LogP contribution in [0.1, 0.15) is 26.2 Å². The third-order valence-electron chi connectivity index (χ3n) is 2.60. The Morgan fingerprint density at radius 2 is 2.38 bits per heavy atom. The quantitative estimate of drug-likeness (QED) is 0.759. The van der Waals surface area contributed by atoms with Crippen molar-refractivity contribution in [1.82, 2.24) is 4.90 Å². The SMILES string of the molecule is C=C(Cl)CN1CCCC[C@@H]1[C@@H](C)O. The van der Waals surface area contributed by atoms with Crippen LogP contribution in [0.15, 0.2) is 11.6 Å². The van der Waals surface area contributed by atoms with Crippen molar-refractivity contribution in [1.29, 1.82) is 0 Å². The summed E-state index contributed by atoms with van der Waals surface area (Å²) in [5.74, 6) is 0. The van der Waals surface area contributed by atoms with Gasteiger partial charge in [0.2, 0.25) is 0 Å². The second-order valence-corrected chi connectivity index (χ2v) is 4.33. The molecule has 1 saturated heterocycles. The molecule has 2 atom stereocenters. The van der Waals surface area contributed by atoms with Crippen LogP contribution in [0.3, 0.4) is 0 Å². The number of hydrogen-bond donors (Lipinski definition) is 1. The Bertz CT molecular complexity index is 182. The Morgan fingerprint density at radius 1 is 1.69 bits per heavy atom. The molecule has 0 aromatic rings. The largest absolute Gasteiger partial charge is 0.392 e. The molecule has 0 bridgehead atoms. The third kappa shape index (κ3) is 3.29. The van der Waals surface area contributed by atoms with Crippen molar-refractivity contribution < 1.29 is 5.11 Å². The van der Waals surface area contributed by atoms with Crippen LogP contribution in [0.2, 0.25) is 0 Å². The molecule has 0 aliphatic carbocycles. The highest BCUT2D eigenvalue weighted by molar-refractivity contribution is 6.29. The molecule has 1 aliphatic rings. The van der Waals surface area contributed by atoms with Crippen LogP contribution in [0.5, 0.6) is 0 Å². The zero-order chi connectivity index (χ0) is 9.84. The molecular weight excluding hydrogens is 186 g/mol. The number of aliphatic hydroxyl groups is 1. The molecule has 0 spiro atoms. The lowest BCUT2D eigenvalue weighted by atomic mass is 9.98. The van der Waals surface area contributed by atoms with Gasteiger partial charge in [-0.05, 0) is 26.3 Å². The number of hydrogen-bond acceptors (Lipinski definition) is 2. The van der Waals surface area contributed by atoms with Crippen molar-refractivity contribution in [2.45, 2.75) is 38.3 Å². The molecule has 3 heteroatoms. The van der Waals surface area contributed by atoms with Gasteiger partial charge in [0, 0.05) is 17.6 Å². The van der Waals surface area contributed by atoms with E-state index in [1.54, 1.807) is 0 Å². The van der Waals surface area contributed by atoms with E-state index in [0.29, 0.717) is 11.6 Å². The summed E-state index contributed by atoms with van der Waals surface area (Å²) >= 11 is 5.76. The Kier molecular flexibility index (Phi) is 4.23. The van der Waals surface area contributed by atoms with Crippen LogP contribution in [-0.4, -0.2) is 35.2 Å². The standard InChI is InChI=1S/C10H18ClNO/c1-8(11)7-12-6-4-3-5-10(12)9(2)13/h9-10,13H,1,3-7H2,2H3/t9-,10-/m1/s1. The van der Waals surface area contributed by atoms with Gasteiger partial charge >= 0.3 is 0 Å². The normalized spacial score (nSPS) is 27.2. The lowest BCUT2D eigenvalue weighted by molar-refractivity contribution is 0.0433. The first-order valence-corrected chi connectivity index (χ1v) is 5.24. The first-order valence-electron chi connectivity index (χ1n) is 4.86. The van der Waals surface area contributed by atoms with Crippen molar-refractivity contribution in [2.75, 3.05) is 13.1 Å². The number of aliphatic hydroxyl groups excluding tert-OH is 1. The number of piperidine rings is 1. The summed E-state index contributed by atoms with van der Waals surface area (Å²) in [6.07, 6.45) is 3.21. The molecule has 1 rings (SSSR count). The summed E-state index contributed by atoms with van der Waals surface area (Å²) in [7, 11) is 0. The molecule has 0 saturated carbocycles. The molecule has 1 heterocycles. The molecule has 0 amide bonds. The first kappa shape index (κ1) is 11.0. The molecule has 0 radical (unpaired) electrons. The number of likely N-dealkylation sites (tertiary alicyclic amines) is 1. The molecule has 0 aromatic carbocycles. The molecule has 1 N–H and O–H groups in total. The van der Waals surface area contributed by atoms with E-state index in [1.807, 2.05) is 6.92 Å². The van der Waals surface area contributed by atoms with Crippen LogP contribution >= 0.6 is 11.6 Å². The van der Waals surface area contributed by atoms with E-state index in [1.165, 1.54) is 12.8 Å². The zero-order valence-electron chi connectivity index (χ0n) is 8.17. The van der Waals surface area contributed by atoms with Gasteiger partial charge in [-0.15, -0.1) is 0 Å². The summed E-state index contributed by atoms with van der Waals surface area (Å²) in [5, 5.41) is 10.2. The van der Waals surface area contributed by atoms with Crippen LogP contribution in [0, 0.1) is 0 Å². The monoisotopic (exact) mass is 203 g/mol. The lowest BCUT2D eigenvalue weighted by Gasteiger charge is -2.37. The lowest BCUT2D eigenvalue weighted by Crippen LogP contribution is -2.46. The molecule has 0 aromatic heterocycles. The molecule has 76 valence electrons. The maximum absolute atomic E-state index is 9.55. The summed E-state index contributed by atoms with van der Waals surface area (Å²) in [6, 6.07) is 0.268. The maximum atomic E-state index is 9.55. The summed E-state index contributed by atoms with van der Waals surface area (Å²) in [5.41, 5.74) is 0. The minimum atomic E-state index is -0.267. The van der Waals surface area contributed by atoms with Gasteiger partial charge in [-0.1, -0.05) is 24.6 Å². The van der Waals surface area contributed by atoms with Gasteiger partial charge in [-0.2, -0.15) is 0 Å². The van der Waals surface area contributed by atoms with Gasteiger partial charge < -0.3 is 5.11 Å². The Labute approximate surface area is 85.2 Å². The molecule has 2 nitrogen and oxygen atoms in total. The van der Waals surface area contributed by atoms with Gasteiger partial charge in [0.05, 0.1) is 6.10 Å². The molecule has 13 heavy (non-hydrogen) atoms. The van der Waals surface area contributed by atoms with E-state index >= 15 is 0 Å². The van der Waals surface area contributed by atoms with Crippen molar-refractivity contribution in [3.8, 4) is 0 Å². The van der Waals surface area contributed by atoms with E-state index in [9.17, 15) is 5.11 Å². The topological polar surface area (TPSA) is 23.5 Å². The fourth-order valence-corrected chi connectivity index (χ4v) is 2.13. The van der Waals surface area contributed by atoms with Crippen LogP contribution in [-0.2, 0) is 0 Å². The number of rotatable bonds is 3. The van der Waals surface area contributed by atoms with Crippen molar-refractivity contribution in [3.63, 3.8) is 0 Å². The van der Waals surface area contributed by atoms with E-state index in [2.05, 4.69) is 11.5 Å². The summed E-state index contributed by atoms with van der Waals surface area (Å²) in [6.45, 7) is 7.27. The summed E-state index contributed by atoms with van der Waals surface area (Å²) in [4.78, 5) is 2.23. The highest BCUT2D eigenvalue weighted by Gasteiger charge is 2.25. The van der Waals surface area contributed by atoms with Crippen LogP contribution < -0.4 is 0 Å². The average Bonchev–Trinajstić information content (AvgIpc) is 2.03. The van der Waals surface area contributed by atoms with Gasteiger partial charge in [-0.25, -0.2) is 0 Å². The van der Waals surface area contributed by atoms with E-state index in [0.717, 1.165) is 13.0 Å². The van der Waals surface area contributed by atoms with Crippen molar-refractivity contribution in [3.05, 3.63) is 11.6 Å². The minimum Gasteiger partial charge on any atom is -0.392 e. The third-order valence-corrected chi connectivity index (χ3v) is 2.72. The first-order chi connectivity index (χ1) is 6.11. The van der Waals surface area contributed by atoms with Gasteiger partial charge in [0.25, 0.3) is 0 Å². The molecular formula is C10H18ClNO. The van der Waals surface area contributed by atoms with E-state index in [-0.39, 0.29) is 12.1 Å². The average molecular weight is 204 g/mol. The molecule has 1 fully saturated rings. The van der Waals surface area contributed by atoms with E-state index < -0.39 is 0 Å². The Hall–Kier alpha value is -0.0500. The predicted molar refractivity (Wildman–Crippen MR) is 55.9 cm³/mol. The van der Waals surface area contributed by atoms with Gasteiger partial charge in [0.15, 0.2) is 0 Å². The second kappa shape index (κ2) is 4.99. The fourth-order valence-electron chi connectivity index (χ4n) is 1.98. The Morgan fingerprint density at radius 3 is 2.92 bits per heavy atom. The van der Waals surface area contributed by atoms with E-state index in [4.69, 9.17) is 11.6 Å². The maximum Gasteiger partial charge on any atom is 0.0667 e. The number of halogens is 1. The fraction of sp³-hybridized carbons (Fsp3) is 0.800. The highest BCUT2D eigenvalue weighted by atomic mass is 35.5. The Balaban J connectivity index is 2.51. The molecule has 0 unspecified atom stereocenters. The van der Waals surface area contributed by atoms with Gasteiger partial charge in [0.1, 0.15) is 0 Å². The zero-order valence-corrected chi connectivity index (χ0v) is 8.93. The highest BCUT2D eigenvalue weighted by Crippen LogP contribution is 2.21. The smallest absolute Gasteiger partial charge is 0.0667 e. The van der Waals surface area contributed by atoms with Crippen LogP contribution in [0.4, 0.5) is 0 Å². The predicted octanol–water partition coefficient (Wildman–Crippen LogP) is 1.97. The van der Waals surface area contributed by atoms with Gasteiger partial charge in [-0.3, -0.25) is 4.90 Å². The number of nitrogens with zero attached hydrogens (tertiary/aromatic N) is 1.